The van der Waals surface area contributed by atoms with E-state index in [-0.39, 0.29) is 0 Å². The van der Waals surface area contributed by atoms with E-state index in [4.69, 9.17) is 9.47 Å². The Bertz CT molecular complexity index is 1220. The van der Waals surface area contributed by atoms with E-state index in [1.807, 2.05) is 30.3 Å². The maximum atomic E-state index is 12.3. The van der Waals surface area contributed by atoms with E-state index in [9.17, 15) is 9.59 Å². The molecule has 8 heteroatoms. The van der Waals surface area contributed by atoms with Crippen LogP contribution < -0.4 is 20.1 Å². The van der Waals surface area contributed by atoms with Crippen molar-refractivity contribution in [3.63, 3.8) is 0 Å². The average Bonchev–Trinajstić information content (AvgIpc) is 3.20. The van der Waals surface area contributed by atoms with Crippen molar-refractivity contribution in [3.8, 4) is 11.5 Å². The summed E-state index contributed by atoms with van der Waals surface area (Å²) >= 11 is 0. The number of imide groups is 1. The van der Waals surface area contributed by atoms with Crippen molar-refractivity contribution in [1.82, 2.24) is 15.5 Å². The van der Waals surface area contributed by atoms with Crippen LogP contribution in [0.5, 0.6) is 11.5 Å². The fourth-order valence-electron chi connectivity index (χ4n) is 3.01. The molecule has 0 bridgehead atoms. The number of aromatic amines is 1. The Morgan fingerprint density at radius 3 is 2.61 bits per heavy atom. The summed E-state index contributed by atoms with van der Waals surface area (Å²) < 4.78 is 11.1. The van der Waals surface area contributed by atoms with E-state index in [1.165, 1.54) is 0 Å². The second-order valence-corrected chi connectivity index (χ2v) is 6.69. The Labute approximate surface area is 178 Å². The summed E-state index contributed by atoms with van der Waals surface area (Å²) in [7, 11) is 1.62. The molecular formula is C23H20N4O4. The predicted octanol–water partition coefficient (Wildman–Crippen LogP) is 4.11. The van der Waals surface area contributed by atoms with Crippen LogP contribution in [0.1, 0.15) is 15.9 Å². The van der Waals surface area contributed by atoms with E-state index in [1.54, 1.807) is 49.6 Å². The molecule has 0 spiro atoms. The lowest BCUT2D eigenvalue weighted by atomic mass is 10.2. The SMILES string of the molecule is COc1cccc(COc2ccc3[nH]nc(NC(=O)NC(=O)c4ccccc4)c3c2)c1. The zero-order chi connectivity index (χ0) is 21.6. The molecular weight excluding hydrogens is 396 g/mol. The molecule has 3 N–H and O–H groups in total. The number of aromatic nitrogens is 2. The number of fused-ring (bicyclic) bond motifs is 1. The number of hydrogen-bond acceptors (Lipinski definition) is 5. The van der Waals surface area contributed by atoms with E-state index in [0.29, 0.717) is 29.1 Å². The van der Waals surface area contributed by atoms with Gasteiger partial charge in [-0.15, -0.1) is 0 Å². The summed E-state index contributed by atoms with van der Waals surface area (Å²) in [5.41, 5.74) is 2.07. The molecule has 0 atom stereocenters. The maximum absolute atomic E-state index is 12.3. The van der Waals surface area contributed by atoms with E-state index < -0.39 is 11.9 Å². The zero-order valence-corrected chi connectivity index (χ0v) is 16.7. The van der Waals surface area contributed by atoms with E-state index in [2.05, 4.69) is 20.8 Å². The van der Waals surface area contributed by atoms with Gasteiger partial charge in [-0.3, -0.25) is 20.5 Å². The number of anilines is 1. The van der Waals surface area contributed by atoms with Crippen molar-refractivity contribution in [3.05, 3.63) is 83.9 Å². The van der Waals surface area contributed by atoms with Crippen molar-refractivity contribution >= 4 is 28.7 Å². The minimum absolute atomic E-state index is 0.292. The Kier molecular flexibility index (Phi) is 5.79. The smallest absolute Gasteiger partial charge is 0.327 e. The third-order valence-electron chi connectivity index (χ3n) is 4.57. The number of carbonyl (C=O) groups is 2. The Morgan fingerprint density at radius 1 is 0.968 bits per heavy atom. The minimum Gasteiger partial charge on any atom is -0.497 e. The Morgan fingerprint density at radius 2 is 1.81 bits per heavy atom. The highest BCUT2D eigenvalue weighted by molar-refractivity contribution is 6.09. The van der Waals surface area contributed by atoms with Gasteiger partial charge in [-0.25, -0.2) is 4.79 Å². The normalized spacial score (nSPS) is 10.5. The van der Waals surface area contributed by atoms with Gasteiger partial charge in [-0.2, -0.15) is 5.10 Å². The van der Waals surface area contributed by atoms with Gasteiger partial charge in [0.25, 0.3) is 5.91 Å². The van der Waals surface area contributed by atoms with Gasteiger partial charge in [0.05, 0.1) is 12.6 Å². The lowest BCUT2D eigenvalue weighted by molar-refractivity contribution is 0.0967. The van der Waals surface area contributed by atoms with Crippen molar-refractivity contribution in [2.75, 3.05) is 12.4 Å². The van der Waals surface area contributed by atoms with Gasteiger partial charge in [-0.1, -0.05) is 30.3 Å². The summed E-state index contributed by atoms with van der Waals surface area (Å²) in [6, 6.07) is 20.8. The molecule has 0 fully saturated rings. The van der Waals surface area contributed by atoms with Crippen LogP contribution in [0, 0.1) is 0 Å². The third-order valence-corrected chi connectivity index (χ3v) is 4.57. The second-order valence-electron chi connectivity index (χ2n) is 6.69. The Hall–Kier alpha value is -4.33. The van der Waals surface area contributed by atoms with Gasteiger partial charge in [0.2, 0.25) is 0 Å². The third kappa shape index (κ3) is 4.81. The molecule has 4 aromatic rings. The van der Waals surface area contributed by atoms with Crippen LogP contribution in [0.3, 0.4) is 0 Å². The van der Waals surface area contributed by atoms with Crippen LogP contribution in [-0.2, 0) is 6.61 Å². The number of urea groups is 1. The van der Waals surface area contributed by atoms with Crippen molar-refractivity contribution in [2.24, 2.45) is 0 Å². The number of H-pyrrole nitrogens is 1. The number of amides is 3. The van der Waals surface area contributed by atoms with Crippen molar-refractivity contribution in [1.29, 1.82) is 0 Å². The number of carbonyl (C=O) groups excluding carboxylic acids is 2. The molecule has 0 saturated heterocycles. The molecule has 0 saturated carbocycles. The van der Waals surface area contributed by atoms with Crippen LogP contribution in [0.4, 0.5) is 10.6 Å². The molecule has 156 valence electrons. The first-order valence-corrected chi connectivity index (χ1v) is 9.53. The number of nitrogens with one attached hydrogen (secondary N) is 3. The molecule has 4 rings (SSSR count). The van der Waals surface area contributed by atoms with Gasteiger partial charge in [-0.05, 0) is 48.0 Å². The fourth-order valence-corrected chi connectivity index (χ4v) is 3.01. The molecule has 3 aromatic carbocycles. The van der Waals surface area contributed by atoms with Crippen molar-refractivity contribution < 1.29 is 19.1 Å². The number of rotatable bonds is 6. The van der Waals surface area contributed by atoms with Crippen molar-refractivity contribution in [2.45, 2.75) is 6.61 Å². The Balaban J connectivity index is 1.44. The average molecular weight is 416 g/mol. The van der Waals surface area contributed by atoms with Gasteiger partial charge in [0.15, 0.2) is 5.82 Å². The molecule has 0 aliphatic heterocycles. The first kappa shape index (κ1) is 20.0. The summed E-state index contributed by atoms with van der Waals surface area (Å²) in [6.07, 6.45) is 0. The number of ether oxygens (including phenoxy) is 2. The topological polar surface area (TPSA) is 105 Å². The zero-order valence-electron chi connectivity index (χ0n) is 16.7. The minimum atomic E-state index is -0.676. The van der Waals surface area contributed by atoms with E-state index >= 15 is 0 Å². The molecule has 31 heavy (non-hydrogen) atoms. The number of methoxy groups -OCH3 is 1. The highest BCUT2D eigenvalue weighted by atomic mass is 16.5. The number of hydrogen-bond donors (Lipinski definition) is 3. The van der Waals surface area contributed by atoms with Gasteiger partial charge in [0.1, 0.15) is 18.1 Å². The molecule has 0 radical (unpaired) electrons. The lowest BCUT2D eigenvalue weighted by Crippen LogP contribution is -2.34. The number of benzene rings is 3. The maximum Gasteiger partial charge on any atom is 0.327 e. The van der Waals surface area contributed by atoms with Crippen LogP contribution in [0.15, 0.2) is 72.8 Å². The monoisotopic (exact) mass is 416 g/mol. The van der Waals surface area contributed by atoms with Crippen LogP contribution in [0.25, 0.3) is 10.9 Å². The summed E-state index contributed by atoms with van der Waals surface area (Å²) in [6.45, 7) is 0.357. The molecule has 1 heterocycles. The molecule has 0 aliphatic carbocycles. The summed E-state index contributed by atoms with van der Waals surface area (Å²) in [5, 5.41) is 12.5. The van der Waals surface area contributed by atoms with Crippen LogP contribution in [-0.4, -0.2) is 29.2 Å². The summed E-state index contributed by atoms with van der Waals surface area (Å²) in [5.74, 6) is 1.16. The largest absolute Gasteiger partial charge is 0.497 e. The first-order valence-electron chi connectivity index (χ1n) is 9.53. The molecule has 3 amide bonds. The molecule has 0 unspecified atom stereocenters. The predicted molar refractivity (Wildman–Crippen MR) is 116 cm³/mol. The molecule has 8 nitrogen and oxygen atoms in total. The highest BCUT2D eigenvalue weighted by Crippen LogP contribution is 2.26. The van der Waals surface area contributed by atoms with Gasteiger partial charge in [0, 0.05) is 10.9 Å². The van der Waals surface area contributed by atoms with Gasteiger partial charge >= 0.3 is 6.03 Å². The van der Waals surface area contributed by atoms with Crippen LogP contribution in [0.2, 0.25) is 0 Å². The highest BCUT2D eigenvalue weighted by Gasteiger charge is 2.14. The van der Waals surface area contributed by atoms with E-state index in [0.717, 1.165) is 16.8 Å². The quantitative estimate of drug-likeness (QED) is 0.439. The summed E-state index contributed by atoms with van der Waals surface area (Å²) in [4.78, 5) is 24.4. The standard InChI is InChI=1S/C23H20N4O4/c1-30-17-9-5-6-15(12-17)14-31-18-10-11-20-19(13-18)21(27-26-20)24-23(29)25-22(28)16-7-3-2-4-8-16/h2-13H,14H2,1H3,(H3,24,25,26,27,28,29). The fraction of sp³-hybridized carbons (Fsp3) is 0.0870. The van der Waals surface area contributed by atoms with Crippen LogP contribution >= 0.6 is 0 Å². The van der Waals surface area contributed by atoms with Gasteiger partial charge < -0.3 is 9.47 Å². The molecule has 0 aliphatic rings. The second kappa shape index (κ2) is 9.00. The molecule has 1 aromatic heterocycles. The lowest BCUT2D eigenvalue weighted by Gasteiger charge is -2.08. The first-order chi connectivity index (χ1) is 15.1. The number of nitrogens with zero attached hydrogens (tertiary/aromatic N) is 1.